The van der Waals surface area contributed by atoms with Crippen molar-refractivity contribution in [2.24, 2.45) is 0 Å². The lowest BCUT2D eigenvalue weighted by atomic mass is 10.4. The summed E-state index contributed by atoms with van der Waals surface area (Å²) >= 11 is 1.13. The molecule has 15 heavy (non-hydrogen) atoms. The number of rotatable bonds is 5. The average molecular weight is 225 g/mol. The first-order valence-corrected chi connectivity index (χ1v) is 5.31. The number of nitrogens with zero attached hydrogens (tertiary/aromatic N) is 3. The van der Waals surface area contributed by atoms with Gasteiger partial charge in [-0.05, 0) is 6.92 Å². The van der Waals surface area contributed by atoms with E-state index in [-0.39, 0.29) is 4.88 Å². The molecule has 0 amide bonds. The maximum atomic E-state index is 10.6. The molecule has 0 saturated heterocycles. The summed E-state index contributed by atoms with van der Waals surface area (Å²) in [5, 5.41) is 17.8. The molecule has 0 spiro atoms. The lowest BCUT2D eigenvalue weighted by molar-refractivity contribution is 0.0702. The van der Waals surface area contributed by atoms with E-state index in [9.17, 15) is 4.79 Å². The van der Waals surface area contributed by atoms with Crippen LogP contribution in [-0.4, -0.2) is 29.1 Å². The Bertz CT molecular complexity index is 383. The van der Waals surface area contributed by atoms with Crippen LogP contribution in [0.2, 0.25) is 0 Å². The van der Waals surface area contributed by atoms with Gasteiger partial charge in [0.1, 0.15) is 4.88 Å². The largest absolute Gasteiger partial charge is 0.477 e. The van der Waals surface area contributed by atoms with Gasteiger partial charge in [-0.25, -0.2) is 9.78 Å². The van der Waals surface area contributed by atoms with Crippen LogP contribution in [0.5, 0.6) is 0 Å². The summed E-state index contributed by atoms with van der Waals surface area (Å²) in [7, 11) is 0. The third-order valence-corrected chi connectivity index (χ3v) is 2.90. The smallest absolute Gasteiger partial charge is 0.347 e. The summed E-state index contributed by atoms with van der Waals surface area (Å²) in [4.78, 5) is 16.8. The van der Waals surface area contributed by atoms with Crippen LogP contribution in [0.4, 0.5) is 5.13 Å². The monoisotopic (exact) mass is 225 g/mol. The molecule has 0 bridgehead atoms. The molecule has 1 aromatic rings. The van der Waals surface area contributed by atoms with Crippen LogP contribution in [-0.2, 0) is 0 Å². The minimum Gasteiger partial charge on any atom is -0.477 e. The van der Waals surface area contributed by atoms with Crippen molar-refractivity contribution < 1.29 is 9.90 Å². The van der Waals surface area contributed by atoms with E-state index in [4.69, 9.17) is 10.4 Å². The van der Waals surface area contributed by atoms with Gasteiger partial charge in [-0.2, -0.15) is 5.26 Å². The lowest BCUT2D eigenvalue weighted by Gasteiger charge is -2.17. The Balaban J connectivity index is 2.74. The Morgan fingerprint density at radius 1 is 1.80 bits per heavy atom. The molecule has 1 N–H and O–H groups in total. The summed E-state index contributed by atoms with van der Waals surface area (Å²) in [5.41, 5.74) is 0. The average Bonchev–Trinajstić information content (AvgIpc) is 2.68. The summed E-state index contributed by atoms with van der Waals surface area (Å²) in [5.74, 6) is -0.963. The van der Waals surface area contributed by atoms with Crippen LogP contribution < -0.4 is 4.90 Å². The molecule has 0 fully saturated rings. The standard InChI is InChI=1S/C9H11N3O2S/c1-2-12(5-3-4-10)9-11-6-7(15-9)8(13)14/h6H,2-3,5H2,1H3,(H,13,14). The molecule has 1 heterocycles. The van der Waals surface area contributed by atoms with Crippen LogP contribution in [0, 0.1) is 11.3 Å². The Labute approximate surface area is 91.6 Å². The fraction of sp³-hybridized carbons (Fsp3) is 0.444. The van der Waals surface area contributed by atoms with Gasteiger partial charge in [0.25, 0.3) is 0 Å². The summed E-state index contributed by atoms with van der Waals surface area (Å²) in [6, 6.07) is 2.05. The normalized spacial score (nSPS) is 9.60. The van der Waals surface area contributed by atoms with Gasteiger partial charge in [-0.3, -0.25) is 0 Å². The van der Waals surface area contributed by atoms with E-state index in [1.807, 2.05) is 11.8 Å². The van der Waals surface area contributed by atoms with E-state index in [1.165, 1.54) is 6.20 Å². The van der Waals surface area contributed by atoms with Gasteiger partial charge in [-0.15, -0.1) is 0 Å². The first-order valence-electron chi connectivity index (χ1n) is 4.50. The highest BCUT2D eigenvalue weighted by molar-refractivity contribution is 7.17. The van der Waals surface area contributed by atoms with Crippen LogP contribution in [0.3, 0.4) is 0 Å². The second-order valence-corrected chi connectivity index (χ2v) is 3.81. The SMILES string of the molecule is CCN(CCC#N)c1ncc(C(=O)O)s1. The van der Waals surface area contributed by atoms with E-state index in [1.54, 1.807) is 0 Å². The Morgan fingerprint density at radius 3 is 3.00 bits per heavy atom. The van der Waals surface area contributed by atoms with Gasteiger partial charge in [0.2, 0.25) is 0 Å². The Hall–Kier alpha value is -1.61. The van der Waals surface area contributed by atoms with Crippen molar-refractivity contribution >= 4 is 22.4 Å². The molecule has 0 unspecified atom stereocenters. The first-order chi connectivity index (χ1) is 7.19. The summed E-state index contributed by atoms with van der Waals surface area (Å²) in [6.45, 7) is 3.24. The number of nitriles is 1. The van der Waals surface area contributed by atoms with Crippen LogP contribution in [0.25, 0.3) is 0 Å². The highest BCUT2D eigenvalue weighted by atomic mass is 32.1. The fourth-order valence-electron chi connectivity index (χ4n) is 1.08. The Morgan fingerprint density at radius 2 is 2.53 bits per heavy atom. The molecular weight excluding hydrogens is 214 g/mol. The third-order valence-electron chi connectivity index (χ3n) is 1.85. The topological polar surface area (TPSA) is 77.2 Å². The molecule has 0 aliphatic heterocycles. The third kappa shape index (κ3) is 2.92. The quantitative estimate of drug-likeness (QED) is 0.823. The maximum Gasteiger partial charge on any atom is 0.347 e. The van der Waals surface area contributed by atoms with Crippen molar-refractivity contribution in [1.29, 1.82) is 5.26 Å². The molecule has 1 rings (SSSR count). The van der Waals surface area contributed by atoms with Crippen LogP contribution >= 0.6 is 11.3 Å². The van der Waals surface area contributed by atoms with E-state index >= 15 is 0 Å². The van der Waals surface area contributed by atoms with Crippen molar-refractivity contribution in [3.05, 3.63) is 11.1 Å². The van der Waals surface area contributed by atoms with E-state index in [0.717, 1.165) is 11.3 Å². The van der Waals surface area contributed by atoms with Gasteiger partial charge in [-0.1, -0.05) is 11.3 Å². The number of anilines is 1. The molecule has 0 aliphatic carbocycles. The molecule has 0 radical (unpaired) electrons. The molecule has 0 aromatic carbocycles. The molecule has 0 atom stereocenters. The second-order valence-electron chi connectivity index (χ2n) is 2.80. The number of carboxylic acid groups (broad SMARTS) is 1. The highest BCUT2D eigenvalue weighted by Gasteiger charge is 2.12. The summed E-state index contributed by atoms with van der Waals surface area (Å²) in [6.07, 6.45) is 1.76. The van der Waals surface area contributed by atoms with Gasteiger partial charge < -0.3 is 10.0 Å². The number of aromatic nitrogens is 1. The minimum atomic E-state index is -0.963. The van der Waals surface area contributed by atoms with Crippen molar-refractivity contribution in [3.8, 4) is 6.07 Å². The predicted molar refractivity (Wildman–Crippen MR) is 57.2 cm³/mol. The van der Waals surface area contributed by atoms with Crippen molar-refractivity contribution in [3.63, 3.8) is 0 Å². The van der Waals surface area contributed by atoms with E-state index in [2.05, 4.69) is 11.1 Å². The maximum absolute atomic E-state index is 10.6. The molecule has 80 valence electrons. The zero-order valence-electron chi connectivity index (χ0n) is 8.30. The zero-order valence-corrected chi connectivity index (χ0v) is 9.12. The molecule has 0 saturated carbocycles. The van der Waals surface area contributed by atoms with Crippen molar-refractivity contribution in [1.82, 2.24) is 4.98 Å². The molecule has 5 nitrogen and oxygen atoms in total. The van der Waals surface area contributed by atoms with Crippen LogP contribution in [0.15, 0.2) is 6.20 Å². The molecule has 6 heteroatoms. The molecule has 1 aromatic heterocycles. The van der Waals surface area contributed by atoms with Gasteiger partial charge >= 0.3 is 5.97 Å². The highest BCUT2D eigenvalue weighted by Crippen LogP contribution is 2.22. The number of thiazole rings is 1. The van der Waals surface area contributed by atoms with E-state index in [0.29, 0.717) is 24.6 Å². The number of hydrogen-bond acceptors (Lipinski definition) is 5. The summed E-state index contributed by atoms with van der Waals surface area (Å²) < 4.78 is 0. The van der Waals surface area contributed by atoms with Crippen molar-refractivity contribution in [2.75, 3.05) is 18.0 Å². The van der Waals surface area contributed by atoms with Gasteiger partial charge in [0.05, 0.1) is 18.7 Å². The predicted octanol–water partition coefficient (Wildman–Crippen LogP) is 1.58. The number of carboxylic acids is 1. The zero-order chi connectivity index (χ0) is 11.3. The fourth-order valence-corrected chi connectivity index (χ4v) is 1.93. The van der Waals surface area contributed by atoms with Crippen molar-refractivity contribution in [2.45, 2.75) is 13.3 Å². The number of hydrogen-bond donors (Lipinski definition) is 1. The van der Waals surface area contributed by atoms with E-state index < -0.39 is 5.97 Å². The minimum absolute atomic E-state index is 0.223. The van der Waals surface area contributed by atoms with Gasteiger partial charge in [0, 0.05) is 13.1 Å². The second kappa shape index (κ2) is 5.32. The number of carbonyl (C=O) groups is 1. The first kappa shape index (κ1) is 11.5. The van der Waals surface area contributed by atoms with Gasteiger partial charge in [0.15, 0.2) is 5.13 Å². The van der Waals surface area contributed by atoms with Crippen LogP contribution in [0.1, 0.15) is 23.0 Å². The molecular formula is C9H11N3O2S. The molecule has 0 aliphatic rings. The number of aromatic carboxylic acids is 1. The Kier molecular flexibility index (Phi) is 4.06. The lowest BCUT2D eigenvalue weighted by Crippen LogP contribution is -2.23.